The lowest BCUT2D eigenvalue weighted by Gasteiger charge is -2.23. The Balaban J connectivity index is 1.72. The second-order valence-corrected chi connectivity index (χ2v) is 7.97. The van der Waals surface area contributed by atoms with Gasteiger partial charge in [0.1, 0.15) is 0 Å². The van der Waals surface area contributed by atoms with Crippen LogP contribution < -0.4 is 4.90 Å². The van der Waals surface area contributed by atoms with Crippen LogP contribution in [-0.2, 0) is 4.74 Å². The summed E-state index contributed by atoms with van der Waals surface area (Å²) < 4.78 is 6.74. The van der Waals surface area contributed by atoms with Crippen molar-refractivity contribution in [3.8, 4) is 0 Å². The first-order valence-electron chi connectivity index (χ1n) is 8.66. The van der Waals surface area contributed by atoms with E-state index in [2.05, 4.69) is 4.98 Å². The zero-order valence-corrected chi connectivity index (χ0v) is 16.0. The monoisotopic (exact) mass is 386 g/mol. The molecule has 6 heteroatoms. The van der Waals surface area contributed by atoms with Gasteiger partial charge in [0.2, 0.25) is 0 Å². The molecule has 2 heterocycles. The first kappa shape index (κ1) is 17.5. The van der Waals surface area contributed by atoms with Gasteiger partial charge in [0.15, 0.2) is 5.13 Å². The summed E-state index contributed by atoms with van der Waals surface area (Å²) in [4.78, 5) is 19.7. The number of carbonyl (C=O) groups excluding carboxylic acids is 1. The van der Waals surface area contributed by atoms with Gasteiger partial charge in [-0.3, -0.25) is 9.69 Å². The Morgan fingerprint density at radius 2 is 2.23 bits per heavy atom. The Hall–Kier alpha value is -1.95. The van der Waals surface area contributed by atoms with E-state index in [1.807, 2.05) is 49.4 Å². The molecule has 0 bridgehead atoms. The molecule has 3 aromatic rings. The van der Waals surface area contributed by atoms with Crippen LogP contribution in [0.1, 0.15) is 28.8 Å². The number of halogens is 1. The maximum Gasteiger partial charge on any atom is 0.260 e. The average molecular weight is 387 g/mol. The van der Waals surface area contributed by atoms with E-state index in [0.29, 0.717) is 22.3 Å². The van der Waals surface area contributed by atoms with Crippen molar-refractivity contribution in [1.82, 2.24) is 4.98 Å². The molecular formula is C20H19ClN2O2S. The molecule has 1 aliphatic rings. The second kappa shape index (κ2) is 7.35. The fraction of sp³-hybridized carbons (Fsp3) is 0.300. The zero-order chi connectivity index (χ0) is 18.1. The molecule has 0 spiro atoms. The van der Waals surface area contributed by atoms with Crippen molar-refractivity contribution in [2.45, 2.75) is 25.9 Å². The largest absolute Gasteiger partial charge is 0.376 e. The Kier molecular flexibility index (Phi) is 4.94. The standard InChI is InChI=1S/C20H19ClN2O2S/c1-13-4-2-5-14(10-13)19(24)23(12-16-6-3-9-25-16)20-22-17-8-7-15(21)11-18(17)26-20/h2,4-5,7-8,10-11,16H,3,6,9,12H2,1H3. The summed E-state index contributed by atoms with van der Waals surface area (Å²) in [6.07, 6.45) is 2.06. The molecule has 26 heavy (non-hydrogen) atoms. The molecule has 2 aromatic carbocycles. The maximum absolute atomic E-state index is 13.2. The quantitative estimate of drug-likeness (QED) is 0.627. The molecule has 1 saturated heterocycles. The van der Waals surface area contributed by atoms with Gasteiger partial charge >= 0.3 is 0 Å². The minimum absolute atomic E-state index is 0.0469. The highest BCUT2D eigenvalue weighted by molar-refractivity contribution is 7.22. The van der Waals surface area contributed by atoms with E-state index in [9.17, 15) is 4.79 Å². The number of carbonyl (C=O) groups is 1. The molecule has 1 aromatic heterocycles. The summed E-state index contributed by atoms with van der Waals surface area (Å²) >= 11 is 7.58. The molecule has 4 rings (SSSR count). The number of nitrogens with zero attached hydrogens (tertiary/aromatic N) is 2. The molecule has 1 amide bonds. The number of hydrogen-bond acceptors (Lipinski definition) is 4. The summed E-state index contributed by atoms with van der Waals surface area (Å²) in [5.41, 5.74) is 2.58. The number of ether oxygens (including phenoxy) is 1. The molecule has 0 saturated carbocycles. The van der Waals surface area contributed by atoms with Crippen LogP contribution in [0.5, 0.6) is 0 Å². The predicted octanol–water partition coefficient (Wildman–Crippen LogP) is 5.08. The van der Waals surface area contributed by atoms with Gasteiger partial charge in [-0.05, 0) is 50.1 Å². The Bertz CT molecular complexity index is 950. The number of anilines is 1. The number of hydrogen-bond donors (Lipinski definition) is 0. The maximum atomic E-state index is 13.2. The first-order chi connectivity index (χ1) is 12.6. The lowest BCUT2D eigenvalue weighted by molar-refractivity contribution is 0.0917. The van der Waals surface area contributed by atoms with E-state index in [1.54, 1.807) is 4.90 Å². The van der Waals surface area contributed by atoms with E-state index < -0.39 is 0 Å². The smallest absolute Gasteiger partial charge is 0.260 e. The SMILES string of the molecule is Cc1cccc(C(=O)N(CC2CCCO2)c2nc3ccc(Cl)cc3s2)c1. The molecular weight excluding hydrogens is 368 g/mol. The van der Waals surface area contributed by atoms with Crippen molar-refractivity contribution in [2.75, 3.05) is 18.1 Å². The average Bonchev–Trinajstić information content (AvgIpc) is 3.28. The Morgan fingerprint density at radius 1 is 1.35 bits per heavy atom. The van der Waals surface area contributed by atoms with Gasteiger partial charge in [0.25, 0.3) is 5.91 Å². The van der Waals surface area contributed by atoms with E-state index in [1.165, 1.54) is 11.3 Å². The van der Waals surface area contributed by atoms with Crippen LogP contribution in [0, 0.1) is 6.92 Å². The van der Waals surface area contributed by atoms with Crippen LogP contribution in [0.15, 0.2) is 42.5 Å². The summed E-state index contributed by atoms with van der Waals surface area (Å²) in [7, 11) is 0. The fourth-order valence-corrected chi connectivity index (χ4v) is 4.42. The minimum atomic E-state index is -0.0469. The van der Waals surface area contributed by atoms with Crippen molar-refractivity contribution >= 4 is 44.2 Å². The van der Waals surface area contributed by atoms with Crippen molar-refractivity contribution in [1.29, 1.82) is 0 Å². The van der Waals surface area contributed by atoms with E-state index in [-0.39, 0.29) is 12.0 Å². The van der Waals surface area contributed by atoms with E-state index in [4.69, 9.17) is 16.3 Å². The number of aryl methyl sites for hydroxylation is 1. The summed E-state index contributed by atoms with van der Waals surface area (Å²) in [5, 5.41) is 1.35. The third kappa shape index (κ3) is 3.61. The first-order valence-corrected chi connectivity index (χ1v) is 9.86. The minimum Gasteiger partial charge on any atom is -0.376 e. The number of rotatable bonds is 4. The summed E-state index contributed by atoms with van der Waals surface area (Å²) in [6, 6.07) is 13.3. The van der Waals surface area contributed by atoms with Crippen molar-refractivity contribution in [3.63, 3.8) is 0 Å². The van der Waals surface area contributed by atoms with Crippen LogP contribution in [0.4, 0.5) is 5.13 Å². The normalized spacial score (nSPS) is 16.9. The van der Waals surface area contributed by atoms with Crippen LogP contribution in [0.3, 0.4) is 0 Å². The van der Waals surface area contributed by atoms with E-state index in [0.717, 1.165) is 35.2 Å². The fourth-order valence-electron chi connectivity index (χ4n) is 3.18. The molecule has 134 valence electrons. The highest BCUT2D eigenvalue weighted by atomic mass is 35.5. The third-order valence-corrected chi connectivity index (χ3v) is 5.77. The number of benzene rings is 2. The van der Waals surface area contributed by atoms with Gasteiger partial charge in [-0.25, -0.2) is 4.98 Å². The molecule has 0 radical (unpaired) electrons. The van der Waals surface area contributed by atoms with Gasteiger partial charge in [-0.15, -0.1) is 0 Å². The van der Waals surface area contributed by atoms with Crippen molar-refractivity contribution in [3.05, 3.63) is 58.6 Å². The highest BCUT2D eigenvalue weighted by Crippen LogP contribution is 2.32. The van der Waals surface area contributed by atoms with Gasteiger partial charge < -0.3 is 4.74 Å². The molecule has 1 aliphatic heterocycles. The molecule has 1 fully saturated rings. The molecule has 0 N–H and O–H groups in total. The molecule has 1 unspecified atom stereocenters. The molecule has 4 nitrogen and oxygen atoms in total. The van der Waals surface area contributed by atoms with Crippen molar-refractivity contribution < 1.29 is 9.53 Å². The van der Waals surface area contributed by atoms with Crippen LogP contribution in [-0.4, -0.2) is 30.1 Å². The van der Waals surface area contributed by atoms with Crippen LogP contribution in [0.2, 0.25) is 5.02 Å². The Labute approximate surface area is 161 Å². The number of amides is 1. The van der Waals surface area contributed by atoms with Gasteiger partial charge in [0, 0.05) is 17.2 Å². The molecule has 1 atom stereocenters. The third-order valence-electron chi connectivity index (χ3n) is 4.49. The second-order valence-electron chi connectivity index (χ2n) is 6.53. The van der Waals surface area contributed by atoms with Gasteiger partial charge in [-0.1, -0.05) is 40.6 Å². The summed E-state index contributed by atoms with van der Waals surface area (Å²) in [6.45, 7) is 3.26. The van der Waals surface area contributed by atoms with Crippen LogP contribution in [0.25, 0.3) is 10.2 Å². The van der Waals surface area contributed by atoms with Crippen LogP contribution >= 0.6 is 22.9 Å². The zero-order valence-electron chi connectivity index (χ0n) is 14.4. The lowest BCUT2D eigenvalue weighted by Crippen LogP contribution is -2.37. The summed E-state index contributed by atoms with van der Waals surface area (Å²) in [5.74, 6) is -0.0469. The molecule has 0 aliphatic carbocycles. The number of thiazole rings is 1. The number of fused-ring (bicyclic) bond motifs is 1. The van der Waals surface area contributed by atoms with E-state index >= 15 is 0 Å². The predicted molar refractivity (Wildman–Crippen MR) is 106 cm³/mol. The van der Waals surface area contributed by atoms with Crippen molar-refractivity contribution in [2.24, 2.45) is 0 Å². The van der Waals surface area contributed by atoms with Gasteiger partial charge in [-0.2, -0.15) is 0 Å². The topological polar surface area (TPSA) is 42.4 Å². The van der Waals surface area contributed by atoms with Gasteiger partial charge in [0.05, 0.1) is 22.9 Å². The number of aromatic nitrogens is 1. The lowest BCUT2D eigenvalue weighted by atomic mass is 10.1. The highest BCUT2D eigenvalue weighted by Gasteiger charge is 2.27. The Morgan fingerprint density at radius 3 is 3.00 bits per heavy atom.